The quantitative estimate of drug-likeness (QED) is 0.578. The molecule has 1 amide bonds. The summed E-state index contributed by atoms with van der Waals surface area (Å²) in [6.07, 6.45) is 0. The molecule has 2 rings (SSSR count). The van der Waals surface area contributed by atoms with Crippen molar-refractivity contribution in [1.29, 1.82) is 0 Å². The number of hydrogen-bond acceptors (Lipinski definition) is 5. The van der Waals surface area contributed by atoms with E-state index in [1.165, 1.54) is 32.7 Å². The predicted octanol–water partition coefficient (Wildman–Crippen LogP) is 0.0379. The minimum atomic E-state index is -3.75. The summed E-state index contributed by atoms with van der Waals surface area (Å²) >= 11 is 0. The zero-order valence-electron chi connectivity index (χ0n) is 16.5. The number of benzene rings is 1. The summed E-state index contributed by atoms with van der Waals surface area (Å²) in [5.74, 6) is -0.345. The molecular weight excluding hydrogens is 404 g/mol. The van der Waals surface area contributed by atoms with Crippen LogP contribution in [0.3, 0.4) is 0 Å². The van der Waals surface area contributed by atoms with E-state index < -0.39 is 20.2 Å². The molecule has 1 heterocycles. The average Bonchev–Trinajstić information content (AvgIpc) is 2.69. The van der Waals surface area contributed by atoms with Crippen molar-refractivity contribution in [2.24, 2.45) is 0 Å². The second kappa shape index (κ2) is 9.31. The molecule has 0 spiro atoms. The van der Waals surface area contributed by atoms with Gasteiger partial charge in [0.05, 0.1) is 11.4 Å². The van der Waals surface area contributed by atoms with Crippen molar-refractivity contribution in [2.45, 2.75) is 18.7 Å². The van der Waals surface area contributed by atoms with Crippen LogP contribution in [0, 0.1) is 0 Å². The van der Waals surface area contributed by atoms with Crippen molar-refractivity contribution in [2.75, 3.05) is 52.9 Å². The van der Waals surface area contributed by atoms with Crippen LogP contribution in [0.1, 0.15) is 13.8 Å². The van der Waals surface area contributed by atoms with Gasteiger partial charge in [-0.05, 0) is 12.1 Å². The standard InChI is InChI=1S/C17H28N4O5S2/c1-4-20(5-2)28(25,26)21-13-11-19(12-14-21)17(22)15-18(3)27(23,24)16-9-7-6-8-10-16/h6-10H,4-5,11-15H2,1-3H3. The van der Waals surface area contributed by atoms with Gasteiger partial charge < -0.3 is 4.90 Å². The number of nitrogens with zero attached hydrogens (tertiary/aromatic N) is 4. The second-order valence-electron chi connectivity index (χ2n) is 6.45. The molecule has 0 saturated carbocycles. The third-order valence-electron chi connectivity index (χ3n) is 4.76. The summed E-state index contributed by atoms with van der Waals surface area (Å²) in [4.78, 5) is 14.2. The van der Waals surface area contributed by atoms with Gasteiger partial charge in [0.2, 0.25) is 15.9 Å². The lowest BCUT2D eigenvalue weighted by Gasteiger charge is -2.36. The van der Waals surface area contributed by atoms with Crippen molar-refractivity contribution in [1.82, 2.24) is 17.8 Å². The molecule has 1 aliphatic rings. The average molecular weight is 433 g/mol. The number of piperazine rings is 1. The van der Waals surface area contributed by atoms with E-state index in [-0.39, 0.29) is 43.5 Å². The maximum atomic E-state index is 12.6. The van der Waals surface area contributed by atoms with Gasteiger partial charge in [-0.25, -0.2) is 8.42 Å². The first kappa shape index (κ1) is 22.8. The summed E-state index contributed by atoms with van der Waals surface area (Å²) in [6.45, 7) is 4.91. The number of sulfonamides is 1. The molecule has 28 heavy (non-hydrogen) atoms. The highest BCUT2D eigenvalue weighted by Gasteiger charge is 2.33. The largest absolute Gasteiger partial charge is 0.339 e. The lowest BCUT2D eigenvalue weighted by atomic mass is 10.3. The van der Waals surface area contributed by atoms with E-state index >= 15 is 0 Å². The number of likely N-dealkylation sites (N-methyl/N-ethyl adjacent to an activating group) is 1. The molecule has 0 N–H and O–H groups in total. The fourth-order valence-electron chi connectivity index (χ4n) is 3.03. The molecule has 9 nitrogen and oxygen atoms in total. The smallest absolute Gasteiger partial charge is 0.282 e. The maximum Gasteiger partial charge on any atom is 0.282 e. The Morgan fingerprint density at radius 2 is 1.50 bits per heavy atom. The van der Waals surface area contributed by atoms with Crippen LogP contribution >= 0.6 is 0 Å². The van der Waals surface area contributed by atoms with Crippen LogP contribution in [0.5, 0.6) is 0 Å². The molecule has 11 heteroatoms. The Labute approximate surface area is 167 Å². The molecule has 0 unspecified atom stereocenters. The zero-order valence-corrected chi connectivity index (χ0v) is 18.1. The van der Waals surface area contributed by atoms with E-state index in [4.69, 9.17) is 0 Å². The van der Waals surface area contributed by atoms with Gasteiger partial charge in [0.15, 0.2) is 0 Å². The highest BCUT2D eigenvalue weighted by atomic mass is 32.2. The predicted molar refractivity (Wildman–Crippen MR) is 106 cm³/mol. The fraction of sp³-hybridized carbons (Fsp3) is 0.588. The third kappa shape index (κ3) is 4.90. The summed E-state index contributed by atoms with van der Waals surface area (Å²) in [6, 6.07) is 7.92. The second-order valence-corrected chi connectivity index (χ2v) is 10.4. The Kier molecular flexibility index (Phi) is 7.57. The topological polar surface area (TPSA) is 98.3 Å². The van der Waals surface area contributed by atoms with Crippen LogP contribution in [-0.4, -0.2) is 93.4 Å². The van der Waals surface area contributed by atoms with E-state index in [0.717, 1.165) is 4.31 Å². The van der Waals surface area contributed by atoms with E-state index in [2.05, 4.69) is 0 Å². The van der Waals surface area contributed by atoms with E-state index in [1.807, 2.05) is 0 Å². The van der Waals surface area contributed by atoms with E-state index in [9.17, 15) is 21.6 Å². The van der Waals surface area contributed by atoms with Crippen molar-refractivity contribution >= 4 is 26.1 Å². The summed E-state index contributed by atoms with van der Waals surface area (Å²) in [5, 5.41) is 0. The number of hydrogen-bond donors (Lipinski definition) is 0. The van der Waals surface area contributed by atoms with Crippen molar-refractivity contribution in [3.05, 3.63) is 30.3 Å². The molecule has 0 aliphatic carbocycles. The Morgan fingerprint density at radius 1 is 0.964 bits per heavy atom. The molecule has 0 radical (unpaired) electrons. The van der Waals surface area contributed by atoms with Crippen molar-refractivity contribution in [3.8, 4) is 0 Å². The summed E-state index contributed by atoms with van der Waals surface area (Å²) in [5.41, 5.74) is 0. The Bertz CT molecular complexity index is 862. The van der Waals surface area contributed by atoms with Gasteiger partial charge >= 0.3 is 0 Å². The van der Waals surface area contributed by atoms with Crippen LogP contribution in [0.4, 0.5) is 0 Å². The normalized spacial score (nSPS) is 16.7. The fourth-order valence-corrected chi connectivity index (χ4v) is 5.77. The Hall–Kier alpha value is -1.53. The minimum absolute atomic E-state index is 0.125. The van der Waals surface area contributed by atoms with Gasteiger partial charge in [0, 0.05) is 46.3 Å². The number of rotatable bonds is 8. The molecule has 158 valence electrons. The zero-order chi connectivity index (χ0) is 20.9. The molecule has 0 aromatic heterocycles. The number of carbonyl (C=O) groups excluding carboxylic acids is 1. The van der Waals surface area contributed by atoms with Gasteiger partial charge in [-0.15, -0.1) is 0 Å². The first-order valence-electron chi connectivity index (χ1n) is 9.19. The van der Waals surface area contributed by atoms with Crippen LogP contribution in [0.2, 0.25) is 0 Å². The molecule has 1 aromatic rings. The molecule has 1 fully saturated rings. The van der Waals surface area contributed by atoms with Crippen LogP contribution in [-0.2, 0) is 25.0 Å². The molecule has 1 aromatic carbocycles. The highest BCUT2D eigenvalue weighted by molar-refractivity contribution is 7.89. The van der Waals surface area contributed by atoms with Gasteiger partial charge in [0.25, 0.3) is 10.2 Å². The number of carbonyl (C=O) groups is 1. The van der Waals surface area contributed by atoms with Crippen molar-refractivity contribution < 1.29 is 21.6 Å². The van der Waals surface area contributed by atoms with E-state index in [1.54, 1.807) is 32.0 Å². The molecule has 0 bridgehead atoms. The first-order valence-corrected chi connectivity index (χ1v) is 12.0. The van der Waals surface area contributed by atoms with Gasteiger partial charge in [0.1, 0.15) is 0 Å². The van der Waals surface area contributed by atoms with E-state index in [0.29, 0.717) is 13.1 Å². The third-order valence-corrected chi connectivity index (χ3v) is 8.76. The monoisotopic (exact) mass is 432 g/mol. The maximum absolute atomic E-state index is 12.6. The first-order chi connectivity index (χ1) is 13.1. The molecular formula is C17H28N4O5S2. The number of amides is 1. The summed E-state index contributed by atoms with van der Waals surface area (Å²) < 4.78 is 53.9. The van der Waals surface area contributed by atoms with Gasteiger partial charge in [-0.2, -0.15) is 21.3 Å². The minimum Gasteiger partial charge on any atom is -0.339 e. The highest BCUT2D eigenvalue weighted by Crippen LogP contribution is 2.15. The van der Waals surface area contributed by atoms with Crippen LogP contribution in [0.15, 0.2) is 35.2 Å². The van der Waals surface area contributed by atoms with Gasteiger partial charge in [-0.3, -0.25) is 4.79 Å². The Balaban J connectivity index is 1.97. The van der Waals surface area contributed by atoms with Crippen LogP contribution < -0.4 is 0 Å². The van der Waals surface area contributed by atoms with Crippen molar-refractivity contribution in [3.63, 3.8) is 0 Å². The van der Waals surface area contributed by atoms with Gasteiger partial charge in [-0.1, -0.05) is 32.0 Å². The lowest BCUT2D eigenvalue weighted by Crippen LogP contribution is -2.55. The van der Waals surface area contributed by atoms with Crippen LogP contribution in [0.25, 0.3) is 0 Å². The lowest BCUT2D eigenvalue weighted by molar-refractivity contribution is -0.132. The molecule has 1 aliphatic heterocycles. The SMILES string of the molecule is CCN(CC)S(=O)(=O)N1CCN(C(=O)CN(C)S(=O)(=O)c2ccccc2)CC1. The molecule has 1 saturated heterocycles. The summed E-state index contributed by atoms with van der Waals surface area (Å²) in [7, 11) is -5.92. The molecule has 0 atom stereocenters. The Morgan fingerprint density at radius 3 is 2.00 bits per heavy atom.